The van der Waals surface area contributed by atoms with E-state index in [0.717, 1.165) is 35.8 Å². The molecule has 0 saturated carbocycles. The molecule has 0 spiro atoms. The van der Waals surface area contributed by atoms with E-state index in [2.05, 4.69) is 66.6 Å². The molecular weight excluding hydrogens is 266 g/mol. The molecule has 0 amide bonds. The Hall–Kier alpha value is -1.26. The molecular formula is C16H23N3S. The molecule has 0 fully saturated rings. The Morgan fingerprint density at radius 3 is 2.40 bits per heavy atom. The number of hydrogen-bond donors (Lipinski definition) is 1. The fourth-order valence-corrected chi connectivity index (χ4v) is 2.72. The summed E-state index contributed by atoms with van der Waals surface area (Å²) >= 11 is 1.72. The van der Waals surface area contributed by atoms with E-state index in [-0.39, 0.29) is 5.54 Å². The average Bonchev–Trinajstić information content (AvgIpc) is 2.85. The molecule has 0 saturated heterocycles. The maximum absolute atomic E-state index is 4.28. The zero-order valence-electron chi connectivity index (χ0n) is 12.5. The first kappa shape index (κ1) is 15.1. The van der Waals surface area contributed by atoms with E-state index in [4.69, 9.17) is 0 Å². The molecule has 0 unspecified atom stereocenters. The Morgan fingerprint density at radius 2 is 1.70 bits per heavy atom. The maximum Gasteiger partial charge on any atom is 0.131 e. The van der Waals surface area contributed by atoms with Crippen LogP contribution in [0.4, 0.5) is 0 Å². The molecule has 20 heavy (non-hydrogen) atoms. The van der Waals surface area contributed by atoms with Crippen molar-refractivity contribution in [3.63, 3.8) is 0 Å². The van der Waals surface area contributed by atoms with Crippen LogP contribution >= 0.6 is 11.3 Å². The van der Waals surface area contributed by atoms with Crippen molar-refractivity contribution in [2.75, 3.05) is 0 Å². The highest BCUT2D eigenvalue weighted by molar-refractivity contribution is 7.11. The Balaban J connectivity index is 1.75. The standard InChI is InChI=1S/C16H23N3S/c1-16(2,3)17-12-15-19-18-14(20-15)11-7-10-13-8-5-4-6-9-13/h4-6,8-9,17H,7,10-12H2,1-3H3. The second-order valence-corrected chi connectivity index (χ2v) is 7.18. The Labute approximate surface area is 125 Å². The van der Waals surface area contributed by atoms with E-state index in [0.29, 0.717) is 0 Å². The highest BCUT2D eigenvalue weighted by Crippen LogP contribution is 2.14. The second kappa shape index (κ2) is 6.95. The van der Waals surface area contributed by atoms with E-state index in [1.54, 1.807) is 11.3 Å². The van der Waals surface area contributed by atoms with E-state index < -0.39 is 0 Å². The van der Waals surface area contributed by atoms with Crippen molar-refractivity contribution in [2.45, 2.75) is 52.1 Å². The summed E-state index contributed by atoms with van der Waals surface area (Å²) < 4.78 is 0. The van der Waals surface area contributed by atoms with Gasteiger partial charge in [0.15, 0.2) is 0 Å². The third-order valence-corrected chi connectivity index (χ3v) is 3.96. The molecule has 1 aromatic heterocycles. The number of nitrogens with zero attached hydrogens (tertiary/aromatic N) is 2. The van der Waals surface area contributed by atoms with Gasteiger partial charge in [-0.05, 0) is 39.2 Å². The highest BCUT2D eigenvalue weighted by Gasteiger charge is 2.11. The molecule has 1 aromatic carbocycles. The minimum absolute atomic E-state index is 0.124. The number of aryl methyl sites for hydroxylation is 2. The number of benzene rings is 1. The van der Waals surface area contributed by atoms with Crippen LogP contribution in [0.25, 0.3) is 0 Å². The Morgan fingerprint density at radius 1 is 1.00 bits per heavy atom. The first-order chi connectivity index (χ1) is 9.53. The topological polar surface area (TPSA) is 37.8 Å². The van der Waals surface area contributed by atoms with Gasteiger partial charge in [-0.3, -0.25) is 0 Å². The van der Waals surface area contributed by atoms with Gasteiger partial charge in [0.05, 0.1) is 6.54 Å². The van der Waals surface area contributed by atoms with Crippen LogP contribution in [0.5, 0.6) is 0 Å². The SMILES string of the molecule is CC(C)(C)NCc1nnc(CCCc2ccccc2)s1. The van der Waals surface area contributed by atoms with Gasteiger partial charge in [0.25, 0.3) is 0 Å². The molecule has 2 rings (SSSR count). The molecule has 2 aromatic rings. The zero-order chi connectivity index (χ0) is 14.4. The summed E-state index contributed by atoms with van der Waals surface area (Å²) in [4.78, 5) is 0. The number of hydrogen-bond acceptors (Lipinski definition) is 4. The summed E-state index contributed by atoms with van der Waals surface area (Å²) in [6.45, 7) is 7.29. The first-order valence-corrected chi connectivity index (χ1v) is 7.95. The van der Waals surface area contributed by atoms with Crippen LogP contribution in [0.1, 0.15) is 42.8 Å². The van der Waals surface area contributed by atoms with Crippen LogP contribution < -0.4 is 5.32 Å². The van der Waals surface area contributed by atoms with Crippen LogP contribution in [0.2, 0.25) is 0 Å². The molecule has 0 aliphatic rings. The largest absolute Gasteiger partial charge is 0.306 e. The molecule has 108 valence electrons. The fraction of sp³-hybridized carbons (Fsp3) is 0.500. The van der Waals surface area contributed by atoms with E-state index >= 15 is 0 Å². The van der Waals surface area contributed by atoms with Crippen LogP contribution in [-0.4, -0.2) is 15.7 Å². The predicted octanol–water partition coefficient (Wildman–Crippen LogP) is 3.60. The van der Waals surface area contributed by atoms with Crippen molar-refractivity contribution in [2.24, 2.45) is 0 Å². The zero-order valence-corrected chi connectivity index (χ0v) is 13.3. The van der Waals surface area contributed by atoms with E-state index in [1.165, 1.54) is 5.56 Å². The van der Waals surface area contributed by atoms with Gasteiger partial charge in [0.2, 0.25) is 0 Å². The lowest BCUT2D eigenvalue weighted by atomic mass is 10.1. The number of aromatic nitrogens is 2. The fourth-order valence-electron chi connectivity index (χ4n) is 1.89. The molecule has 0 bridgehead atoms. The third-order valence-electron chi connectivity index (χ3n) is 2.98. The van der Waals surface area contributed by atoms with Crippen molar-refractivity contribution in [1.29, 1.82) is 0 Å². The van der Waals surface area contributed by atoms with Crippen LogP contribution in [0, 0.1) is 0 Å². The monoisotopic (exact) mass is 289 g/mol. The molecule has 4 heteroatoms. The van der Waals surface area contributed by atoms with Gasteiger partial charge in [0, 0.05) is 12.0 Å². The second-order valence-electron chi connectivity index (χ2n) is 6.03. The smallest absolute Gasteiger partial charge is 0.131 e. The molecule has 3 nitrogen and oxygen atoms in total. The lowest BCUT2D eigenvalue weighted by molar-refractivity contribution is 0.423. The predicted molar refractivity (Wildman–Crippen MR) is 85.0 cm³/mol. The summed E-state index contributed by atoms with van der Waals surface area (Å²) in [5, 5.41) is 14.2. The van der Waals surface area contributed by atoms with Crippen LogP contribution in [-0.2, 0) is 19.4 Å². The van der Waals surface area contributed by atoms with E-state index in [9.17, 15) is 0 Å². The normalized spacial score (nSPS) is 11.8. The maximum atomic E-state index is 4.28. The van der Waals surface area contributed by atoms with Gasteiger partial charge in [-0.15, -0.1) is 21.5 Å². The van der Waals surface area contributed by atoms with E-state index in [1.807, 2.05) is 0 Å². The summed E-state index contributed by atoms with van der Waals surface area (Å²) in [5.41, 5.74) is 1.52. The van der Waals surface area contributed by atoms with Crippen molar-refractivity contribution in [3.05, 3.63) is 45.9 Å². The van der Waals surface area contributed by atoms with Crippen molar-refractivity contribution in [3.8, 4) is 0 Å². The van der Waals surface area contributed by atoms with Gasteiger partial charge in [-0.2, -0.15) is 0 Å². The lowest BCUT2D eigenvalue weighted by Crippen LogP contribution is -2.35. The summed E-state index contributed by atoms with van der Waals surface area (Å²) in [5.74, 6) is 0. The molecule has 0 aliphatic carbocycles. The van der Waals surface area contributed by atoms with Crippen molar-refractivity contribution < 1.29 is 0 Å². The van der Waals surface area contributed by atoms with Gasteiger partial charge in [-0.25, -0.2) is 0 Å². The third kappa shape index (κ3) is 5.39. The van der Waals surface area contributed by atoms with Crippen LogP contribution in [0.15, 0.2) is 30.3 Å². The summed E-state index contributed by atoms with van der Waals surface area (Å²) in [6, 6.07) is 10.6. The molecule has 1 heterocycles. The van der Waals surface area contributed by atoms with Crippen molar-refractivity contribution >= 4 is 11.3 Å². The quantitative estimate of drug-likeness (QED) is 0.883. The number of nitrogens with one attached hydrogen (secondary N) is 1. The molecule has 0 radical (unpaired) electrons. The van der Waals surface area contributed by atoms with Gasteiger partial charge < -0.3 is 5.32 Å². The minimum atomic E-state index is 0.124. The summed E-state index contributed by atoms with van der Waals surface area (Å²) in [7, 11) is 0. The van der Waals surface area contributed by atoms with Gasteiger partial charge in [0.1, 0.15) is 10.0 Å². The average molecular weight is 289 g/mol. The minimum Gasteiger partial charge on any atom is -0.306 e. The van der Waals surface area contributed by atoms with Crippen molar-refractivity contribution in [1.82, 2.24) is 15.5 Å². The first-order valence-electron chi connectivity index (χ1n) is 7.13. The van der Waals surface area contributed by atoms with Gasteiger partial charge in [-0.1, -0.05) is 30.3 Å². The van der Waals surface area contributed by atoms with Gasteiger partial charge >= 0.3 is 0 Å². The summed E-state index contributed by atoms with van der Waals surface area (Å²) in [6.07, 6.45) is 3.25. The molecule has 1 N–H and O–H groups in total. The Kier molecular flexibility index (Phi) is 5.26. The Bertz CT molecular complexity index is 514. The molecule has 0 aliphatic heterocycles. The van der Waals surface area contributed by atoms with Crippen LogP contribution in [0.3, 0.4) is 0 Å². The molecule has 0 atom stereocenters. The number of rotatable bonds is 6. The lowest BCUT2D eigenvalue weighted by Gasteiger charge is -2.19. The highest BCUT2D eigenvalue weighted by atomic mass is 32.1.